The monoisotopic (exact) mass is 269 g/mol. The van der Waals surface area contributed by atoms with Gasteiger partial charge in [-0.05, 0) is 39.5 Å². The molecule has 0 aliphatic carbocycles. The number of rotatable bonds is 3. The van der Waals surface area contributed by atoms with Gasteiger partial charge in [0.25, 0.3) is 0 Å². The summed E-state index contributed by atoms with van der Waals surface area (Å²) in [4.78, 5) is 11.9. The fourth-order valence-corrected chi connectivity index (χ4v) is 2.75. The Kier molecular flexibility index (Phi) is 2.84. The van der Waals surface area contributed by atoms with Crippen molar-refractivity contribution in [3.63, 3.8) is 0 Å². The molecule has 2 heterocycles. The summed E-state index contributed by atoms with van der Waals surface area (Å²) in [6.07, 6.45) is 2.79. The molecule has 72 valence electrons. The van der Waals surface area contributed by atoms with Crippen LogP contribution in [0, 0.1) is 0 Å². The molecule has 0 saturated carbocycles. The molecule has 0 unspecified atom stereocenters. The number of hydrogen-bond acceptors (Lipinski definition) is 2. The molecule has 0 spiro atoms. The average Bonchev–Trinajstić information content (AvgIpc) is 2.77. The number of aromatic nitrogens is 1. The molecule has 0 N–H and O–H groups in total. The van der Waals surface area contributed by atoms with Gasteiger partial charge in [0.15, 0.2) is 6.29 Å². The molecule has 0 atom stereocenters. The lowest BCUT2D eigenvalue weighted by Crippen LogP contribution is -2.00. The van der Waals surface area contributed by atoms with Gasteiger partial charge in [-0.15, -0.1) is 11.3 Å². The van der Waals surface area contributed by atoms with Gasteiger partial charge in [-0.3, -0.25) is 4.79 Å². The maximum atomic E-state index is 10.7. The third-order valence-electron chi connectivity index (χ3n) is 1.99. The Morgan fingerprint density at radius 2 is 2.36 bits per heavy atom. The van der Waals surface area contributed by atoms with Crippen LogP contribution in [0.25, 0.3) is 0 Å². The van der Waals surface area contributed by atoms with Crippen LogP contribution in [0.2, 0.25) is 0 Å². The van der Waals surface area contributed by atoms with Crippen LogP contribution in [-0.2, 0) is 6.54 Å². The Morgan fingerprint density at radius 3 is 3.00 bits per heavy atom. The summed E-state index contributed by atoms with van der Waals surface area (Å²) in [7, 11) is 0. The average molecular weight is 270 g/mol. The molecule has 0 fully saturated rings. The lowest BCUT2D eigenvalue weighted by atomic mass is 10.4. The van der Waals surface area contributed by atoms with E-state index in [4.69, 9.17) is 0 Å². The SMILES string of the molecule is O=Cc1cccn1Cc1sccc1Br. The lowest BCUT2D eigenvalue weighted by Gasteiger charge is -2.03. The molecule has 0 amide bonds. The zero-order valence-electron chi connectivity index (χ0n) is 7.31. The number of carbonyl (C=O) groups is 1. The van der Waals surface area contributed by atoms with E-state index in [2.05, 4.69) is 15.9 Å². The summed E-state index contributed by atoms with van der Waals surface area (Å²) in [5.41, 5.74) is 0.713. The highest BCUT2D eigenvalue weighted by molar-refractivity contribution is 9.10. The number of halogens is 1. The first-order valence-corrected chi connectivity index (χ1v) is 5.80. The van der Waals surface area contributed by atoms with Crippen molar-refractivity contribution in [2.75, 3.05) is 0 Å². The topological polar surface area (TPSA) is 22.0 Å². The van der Waals surface area contributed by atoms with Crippen molar-refractivity contribution in [1.29, 1.82) is 0 Å². The molecule has 2 nitrogen and oxygen atoms in total. The molecule has 0 radical (unpaired) electrons. The Labute approximate surface area is 94.3 Å². The number of thiophene rings is 1. The van der Waals surface area contributed by atoms with Crippen LogP contribution < -0.4 is 0 Å². The third kappa shape index (κ3) is 1.81. The van der Waals surface area contributed by atoms with E-state index in [1.54, 1.807) is 11.3 Å². The van der Waals surface area contributed by atoms with E-state index < -0.39 is 0 Å². The number of nitrogens with zero attached hydrogens (tertiary/aromatic N) is 1. The highest BCUT2D eigenvalue weighted by Gasteiger charge is 2.04. The molecule has 4 heteroatoms. The smallest absolute Gasteiger partial charge is 0.166 e. The number of aldehydes is 1. The van der Waals surface area contributed by atoms with Gasteiger partial charge in [0.2, 0.25) is 0 Å². The first kappa shape index (κ1) is 9.68. The van der Waals surface area contributed by atoms with Crippen LogP contribution in [0.3, 0.4) is 0 Å². The van der Waals surface area contributed by atoms with E-state index in [9.17, 15) is 4.79 Å². The van der Waals surface area contributed by atoms with Gasteiger partial charge >= 0.3 is 0 Å². The van der Waals surface area contributed by atoms with Crippen molar-refractivity contribution in [2.24, 2.45) is 0 Å². The van der Waals surface area contributed by atoms with Crippen LogP contribution >= 0.6 is 27.3 Å². The lowest BCUT2D eigenvalue weighted by molar-refractivity contribution is 0.111. The normalized spacial score (nSPS) is 10.4. The molecule has 0 aliphatic heterocycles. The Bertz CT molecular complexity index is 446. The van der Waals surface area contributed by atoms with Crippen LogP contribution in [0.4, 0.5) is 0 Å². The molecule has 2 aromatic heterocycles. The largest absolute Gasteiger partial charge is 0.340 e. The second kappa shape index (κ2) is 4.11. The minimum absolute atomic E-state index is 0.713. The van der Waals surface area contributed by atoms with Crippen molar-refractivity contribution in [3.05, 3.63) is 44.8 Å². The quantitative estimate of drug-likeness (QED) is 0.785. The third-order valence-corrected chi connectivity index (χ3v) is 3.90. The zero-order chi connectivity index (χ0) is 9.97. The summed E-state index contributed by atoms with van der Waals surface area (Å²) in [5, 5.41) is 2.03. The highest BCUT2D eigenvalue weighted by atomic mass is 79.9. The fourth-order valence-electron chi connectivity index (χ4n) is 1.27. The molecule has 2 aromatic rings. The van der Waals surface area contributed by atoms with Gasteiger partial charge in [-0.2, -0.15) is 0 Å². The summed E-state index contributed by atoms with van der Waals surface area (Å²) < 4.78 is 3.04. The van der Waals surface area contributed by atoms with Crippen LogP contribution in [0.1, 0.15) is 15.4 Å². The molecule has 0 aliphatic rings. The maximum Gasteiger partial charge on any atom is 0.166 e. The number of carbonyl (C=O) groups excluding carboxylic acids is 1. The van der Waals surface area contributed by atoms with Crippen molar-refractivity contribution in [2.45, 2.75) is 6.54 Å². The van der Waals surface area contributed by atoms with Gasteiger partial charge in [-0.1, -0.05) is 0 Å². The molecule has 0 bridgehead atoms. The number of hydrogen-bond donors (Lipinski definition) is 0. The summed E-state index contributed by atoms with van der Waals surface area (Å²) >= 11 is 5.15. The van der Waals surface area contributed by atoms with Gasteiger partial charge in [-0.25, -0.2) is 0 Å². The Balaban J connectivity index is 2.27. The first-order valence-electron chi connectivity index (χ1n) is 4.13. The van der Waals surface area contributed by atoms with Gasteiger partial charge in [0.05, 0.1) is 12.2 Å². The summed E-state index contributed by atoms with van der Waals surface area (Å²) in [6, 6.07) is 5.71. The second-order valence-electron chi connectivity index (χ2n) is 2.87. The van der Waals surface area contributed by atoms with E-state index in [0.29, 0.717) is 5.69 Å². The zero-order valence-corrected chi connectivity index (χ0v) is 9.72. The van der Waals surface area contributed by atoms with E-state index in [1.165, 1.54) is 4.88 Å². The van der Waals surface area contributed by atoms with Crippen molar-refractivity contribution in [3.8, 4) is 0 Å². The molecule has 0 aromatic carbocycles. The molecular weight excluding hydrogens is 262 g/mol. The van der Waals surface area contributed by atoms with Crippen molar-refractivity contribution < 1.29 is 4.79 Å². The Morgan fingerprint density at radius 1 is 1.50 bits per heavy atom. The van der Waals surface area contributed by atoms with Crippen LogP contribution in [-0.4, -0.2) is 10.9 Å². The van der Waals surface area contributed by atoms with E-state index in [1.807, 2.05) is 34.3 Å². The Hall–Kier alpha value is -0.870. The van der Waals surface area contributed by atoms with Crippen molar-refractivity contribution in [1.82, 2.24) is 4.57 Å². The first-order chi connectivity index (χ1) is 6.81. The molecule has 14 heavy (non-hydrogen) atoms. The molecular formula is C10H8BrNOS. The van der Waals surface area contributed by atoms with Gasteiger partial charge in [0, 0.05) is 15.5 Å². The minimum atomic E-state index is 0.713. The van der Waals surface area contributed by atoms with Crippen LogP contribution in [0.15, 0.2) is 34.2 Å². The summed E-state index contributed by atoms with van der Waals surface area (Å²) in [5.74, 6) is 0. The minimum Gasteiger partial charge on any atom is -0.340 e. The van der Waals surface area contributed by atoms with E-state index in [0.717, 1.165) is 17.3 Å². The second-order valence-corrected chi connectivity index (χ2v) is 4.73. The molecule has 2 rings (SSSR count). The van der Waals surface area contributed by atoms with Crippen molar-refractivity contribution >= 4 is 33.6 Å². The van der Waals surface area contributed by atoms with Crippen LogP contribution in [0.5, 0.6) is 0 Å². The fraction of sp³-hybridized carbons (Fsp3) is 0.100. The van der Waals surface area contributed by atoms with E-state index in [-0.39, 0.29) is 0 Å². The highest BCUT2D eigenvalue weighted by Crippen LogP contribution is 2.23. The maximum absolute atomic E-state index is 10.7. The molecule has 0 saturated heterocycles. The summed E-state index contributed by atoms with van der Waals surface area (Å²) in [6.45, 7) is 0.749. The van der Waals surface area contributed by atoms with Gasteiger partial charge < -0.3 is 4.57 Å². The standard InChI is InChI=1S/C10H8BrNOS/c11-9-3-5-14-10(9)6-12-4-1-2-8(12)7-13/h1-5,7H,6H2. The van der Waals surface area contributed by atoms with E-state index >= 15 is 0 Å². The predicted molar refractivity (Wildman–Crippen MR) is 60.9 cm³/mol. The predicted octanol–water partition coefficient (Wildman–Crippen LogP) is 3.17. The van der Waals surface area contributed by atoms with Gasteiger partial charge in [0.1, 0.15) is 0 Å².